The Kier molecular flexibility index (Phi) is 4.52. The molecule has 30 heavy (non-hydrogen) atoms. The zero-order valence-corrected chi connectivity index (χ0v) is 16.5. The smallest absolute Gasteiger partial charge is 0.289 e. The van der Waals surface area contributed by atoms with Gasteiger partial charge >= 0.3 is 0 Å². The lowest BCUT2D eigenvalue weighted by Crippen LogP contribution is -2.17. The van der Waals surface area contributed by atoms with Crippen molar-refractivity contribution in [2.24, 2.45) is 5.10 Å². The normalized spacial score (nSPS) is 13.4. The van der Waals surface area contributed by atoms with Crippen molar-refractivity contribution in [1.29, 1.82) is 0 Å². The van der Waals surface area contributed by atoms with Crippen molar-refractivity contribution in [2.45, 2.75) is 19.8 Å². The fourth-order valence-corrected chi connectivity index (χ4v) is 3.93. The molecule has 2 heterocycles. The van der Waals surface area contributed by atoms with E-state index >= 15 is 0 Å². The summed E-state index contributed by atoms with van der Waals surface area (Å²) in [6, 6.07) is 16.1. The summed E-state index contributed by atoms with van der Waals surface area (Å²) in [7, 11) is 0. The van der Waals surface area contributed by atoms with E-state index in [9.17, 15) is 4.79 Å². The van der Waals surface area contributed by atoms with Crippen molar-refractivity contribution in [3.8, 4) is 11.3 Å². The van der Waals surface area contributed by atoms with E-state index in [2.05, 4.69) is 51.1 Å². The van der Waals surface area contributed by atoms with E-state index < -0.39 is 0 Å². The van der Waals surface area contributed by atoms with Gasteiger partial charge in [0.1, 0.15) is 11.5 Å². The fourth-order valence-electron chi connectivity index (χ4n) is 3.93. The highest BCUT2D eigenvalue weighted by Gasteiger charge is 2.18. The summed E-state index contributed by atoms with van der Waals surface area (Å²) >= 11 is 0. The average molecular weight is 396 g/mol. The second-order valence-corrected chi connectivity index (χ2v) is 7.38. The van der Waals surface area contributed by atoms with Crippen LogP contribution in [0.25, 0.3) is 28.1 Å². The van der Waals surface area contributed by atoms with Crippen LogP contribution >= 0.6 is 0 Å². The summed E-state index contributed by atoms with van der Waals surface area (Å²) in [5.74, 6) is 0.385. The van der Waals surface area contributed by atoms with Gasteiger partial charge < -0.3 is 4.42 Å². The molecule has 6 heteroatoms. The molecule has 1 amide bonds. The topological polar surface area (TPSA) is 83.3 Å². The van der Waals surface area contributed by atoms with Crippen LogP contribution in [0.15, 0.2) is 69.9 Å². The minimum absolute atomic E-state index is 0.346. The van der Waals surface area contributed by atoms with Crippen molar-refractivity contribution in [1.82, 2.24) is 15.6 Å². The van der Waals surface area contributed by atoms with Gasteiger partial charge in [-0.2, -0.15) is 10.2 Å². The Bertz CT molecular complexity index is 1290. The summed E-state index contributed by atoms with van der Waals surface area (Å²) in [6.07, 6.45) is 7.17. The van der Waals surface area contributed by atoms with E-state index in [1.807, 2.05) is 25.1 Å². The molecule has 0 radical (unpaired) electrons. The molecule has 0 spiro atoms. The number of aryl methyl sites for hydroxylation is 2. The van der Waals surface area contributed by atoms with E-state index in [0.29, 0.717) is 5.69 Å². The molecule has 0 fully saturated rings. The highest BCUT2D eigenvalue weighted by Crippen LogP contribution is 2.36. The molecule has 2 aromatic carbocycles. The van der Waals surface area contributed by atoms with Gasteiger partial charge in [0.15, 0.2) is 0 Å². The van der Waals surface area contributed by atoms with Crippen LogP contribution in [-0.4, -0.2) is 22.3 Å². The van der Waals surface area contributed by atoms with Gasteiger partial charge in [-0.05, 0) is 71.5 Å². The number of H-pyrrole nitrogens is 1. The summed E-state index contributed by atoms with van der Waals surface area (Å²) < 4.78 is 5.26. The molecule has 2 aromatic heterocycles. The van der Waals surface area contributed by atoms with Crippen LogP contribution in [-0.2, 0) is 12.8 Å². The SMILES string of the molecule is CC(/C=N/NC(=O)c1cc(-c2ccc3c4c(cccc24)CC3)n[nH]1)=C\c1ccco1. The third-order valence-electron chi connectivity index (χ3n) is 5.32. The molecule has 148 valence electrons. The maximum Gasteiger partial charge on any atom is 0.289 e. The van der Waals surface area contributed by atoms with E-state index in [1.54, 1.807) is 18.5 Å². The van der Waals surface area contributed by atoms with Crippen LogP contribution in [0.1, 0.15) is 34.3 Å². The average Bonchev–Trinajstić information content (AvgIpc) is 3.50. The highest BCUT2D eigenvalue weighted by molar-refractivity contribution is 6.02. The zero-order chi connectivity index (χ0) is 20.5. The maximum absolute atomic E-state index is 12.4. The Morgan fingerprint density at radius 2 is 2.03 bits per heavy atom. The predicted octanol–water partition coefficient (Wildman–Crippen LogP) is 4.74. The van der Waals surface area contributed by atoms with Crippen LogP contribution in [0.5, 0.6) is 0 Å². The zero-order valence-electron chi connectivity index (χ0n) is 16.5. The number of hydrazone groups is 1. The maximum atomic E-state index is 12.4. The molecule has 0 unspecified atom stereocenters. The summed E-state index contributed by atoms with van der Waals surface area (Å²) in [6.45, 7) is 1.88. The Hall–Kier alpha value is -3.93. The van der Waals surface area contributed by atoms with Crippen molar-refractivity contribution >= 4 is 29.0 Å². The van der Waals surface area contributed by atoms with Gasteiger partial charge in [-0.3, -0.25) is 9.89 Å². The van der Waals surface area contributed by atoms with Gasteiger partial charge in [-0.15, -0.1) is 0 Å². The molecule has 0 atom stereocenters. The molecule has 1 aliphatic rings. The molecule has 2 N–H and O–H groups in total. The number of furan rings is 1. The third-order valence-corrected chi connectivity index (χ3v) is 5.32. The summed E-state index contributed by atoms with van der Waals surface area (Å²) in [5, 5.41) is 13.7. The number of benzene rings is 2. The van der Waals surface area contributed by atoms with Crippen molar-refractivity contribution in [3.63, 3.8) is 0 Å². The third kappa shape index (κ3) is 3.33. The largest absolute Gasteiger partial charge is 0.465 e. The molecule has 1 aliphatic carbocycles. The Balaban J connectivity index is 1.34. The molecule has 0 aliphatic heterocycles. The highest BCUT2D eigenvalue weighted by atomic mass is 16.3. The Labute approximate surface area is 173 Å². The number of rotatable bonds is 5. The number of hydrogen-bond acceptors (Lipinski definition) is 4. The molecule has 0 saturated carbocycles. The Morgan fingerprint density at radius 1 is 1.17 bits per heavy atom. The van der Waals surface area contributed by atoms with E-state index in [4.69, 9.17) is 4.42 Å². The lowest BCUT2D eigenvalue weighted by Gasteiger charge is -2.06. The number of aromatic nitrogens is 2. The van der Waals surface area contributed by atoms with Gasteiger partial charge in [0.25, 0.3) is 5.91 Å². The number of carbonyl (C=O) groups excluding carboxylic acids is 1. The van der Waals surface area contributed by atoms with Crippen molar-refractivity contribution in [3.05, 3.63) is 82.9 Å². The lowest BCUT2D eigenvalue weighted by atomic mass is 9.98. The number of aromatic amines is 1. The molecule has 5 rings (SSSR count). The molecule has 0 bridgehead atoms. The Morgan fingerprint density at radius 3 is 2.87 bits per heavy atom. The monoisotopic (exact) mass is 396 g/mol. The van der Waals surface area contributed by atoms with E-state index in [0.717, 1.165) is 35.4 Å². The second kappa shape index (κ2) is 7.48. The number of nitrogens with zero attached hydrogens (tertiary/aromatic N) is 2. The summed E-state index contributed by atoms with van der Waals surface area (Å²) in [4.78, 5) is 12.4. The van der Waals surface area contributed by atoms with Crippen LogP contribution in [0.3, 0.4) is 0 Å². The first-order valence-electron chi connectivity index (χ1n) is 9.83. The molecule has 4 aromatic rings. The van der Waals surface area contributed by atoms with Gasteiger partial charge in [0.05, 0.1) is 18.2 Å². The van der Waals surface area contributed by atoms with Crippen LogP contribution < -0.4 is 5.43 Å². The van der Waals surface area contributed by atoms with Crippen molar-refractivity contribution < 1.29 is 9.21 Å². The second-order valence-electron chi connectivity index (χ2n) is 7.38. The first kappa shape index (κ1) is 18.1. The van der Waals surface area contributed by atoms with Gasteiger partial charge in [-0.1, -0.05) is 30.3 Å². The molecular formula is C24H20N4O2. The van der Waals surface area contributed by atoms with Crippen LogP contribution in [0.2, 0.25) is 0 Å². The fraction of sp³-hybridized carbons (Fsp3) is 0.125. The molecule has 6 nitrogen and oxygen atoms in total. The number of hydrogen-bond donors (Lipinski definition) is 2. The van der Waals surface area contributed by atoms with Gasteiger partial charge in [0, 0.05) is 5.56 Å². The molecular weight excluding hydrogens is 376 g/mol. The lowest BCUT2D eigenvalue weighted by molar-refractivity contribution is 0.0950. The number of carbonyl (C=O) groups is 1. The number of allylic oxidation sites excluding steroid dienone is 1. The van der Waals surface area contributed by atoms with Crippen LogP contribution in [0, 0.1) is 0 Å². The van der Waals surface area contributed by atoms with Gasteiger partial charge in [0.2, 0.25) is 0 Å². The van der Waals surface area contributed by atoms with Crippen molar-refractivity contribution in [2.75, 3.05) is 0 Å². The number of nitrogens with one attached hydrogen (secondary N) is 2. The minimum atomic E-state index is -0.346. The quantitative estimate of drug-likeness (QED) is 0.377. The minimum Gasteiger partial charge on any atom is -0.465 e. The first-order chi connectivity index (χ1) is 14.7. The van der Waals surface area contributed by atoms with Crippen LogP contribution in [0.4, 0.5) is 0 Å². The van der Waals surface area contributed by atoms with E-state index in [1.165, 1.54) is 21.9 Å². The first-order valence-corrected chi connectivity index (χ1v) is 9.83. The standard InChI is InChI=1S/C24H20N4O2/c1-15(12-18-5-3-11-30-18)14-25-28-24(29)22-13-21(26-27-22)19-10-9-17-8-7-16-4-2-6-20(19)23(16)17/h2-6,9-14H,7-8H2,1H3,(H,26,27)(H,28,29)/b15-12+,25-14+. The molecule has 0 saturated heterocycles. The summed E-state index contributed by atoms with van der Waals surface area (Å²) in [5.41, 5.74) is 8.26. The number of amides is 1. The van der Waals surface area contributed by atoms with Gasteiger partial charge in [-0.25, -0.2) is 5.43 Å². The predicted molar refractivity (Wildman–Crippen MR) is 117 cm³/mol. The van der Waals surface area contributed by atoms with E-state index in [-0.39, 0.29) is 5.91 Å².